The van der Waals surface area contributed by atoms with Gasteiger partial charge in [0.25, 0.3) is 0 Å². The second-order valence-corrected chi connectivity index (χ2v) is 5.73. The first-order valence-electron chi connectivity index (χ1n) is 8.94. The molecule has 0 aliphatic carbocycles. The number of carbonyl (C=O) groups is 1. The van der Waals surface area contributed by atoms with Crippen molar-refractivity contribution in [3.8, 4) is 0 Å². The third kappa shape index (κ3) is 18.7. The summed E-state index contributed by atoms with van der Waals surface area (Å²) >= 11 is 0. The Balaban J connectivity index is 3.29. The molecule has 0 amide bonds. The molecule has 0 unspecified atom stereocenters. The molecule has 1 N–H and O–H groups in total. The zero-order valence-electron chi connectivity index (χ0n) is 14.3. The predicted molar refractivity (Wildman–Crippen MR) is 96.1 cm³/mol. The van der Waals surface area contributed by atoms with Crippen molar-refractivity contribution >= 4 is 5.97 Å². The Morgan fingerprint density at radius 1 is 0.727 bits per heavy atom. The van der Waals surface area contributed by atoms with Crippen LogP contribution in [0.1, 0.15) is 84.0 Å². The maximum absolute atomic E-state index is 10.3. The predicted octanol–water partition coefficient (Wildman–Crippen LogP) is 6.44. The van der Waals surface area contributed by atoms with Gasteiger partial charge in [0.2, 0.25) is 0 Å². The highest BCUT2D eigenvalue weighted by atomic mass is 16.6. The molecule has 0 fully saturated rings. The summed E-state index contributed by atoms with van der Waals surface area (Å²) in [7, 11) is 0. The number of hydrogen-bond acceptors (Lipinski definition) is 1. The molecular weight excluding hydrogens is 274 g/mol. The maximum atomic E-state index is 10.3. The van der Waals surface area contributed by atoms with Crippen molar-refractivity contribution in [1.29, 1.82) is 0 Å². The van der Waals surface area contributed by atoms with Gasteiger partial charge in [-0.2, -0.15) is 0 Å². The molecule has 22 heavy (non-hydrogen) atoms. The molecule has 0 radical (unpaired) electrons. The van der Waals surface area contributed by atoms with E-state index in [0.717, 1.165) is 38.5 Å². The number of allylic oxidation sites excluding steroid dienone is 6. The van der Waals surface area contributed by atoms with Crippen LogP contribution in [0.2, 0.25) is 0 Å². The zero-order chi connectivity index (χ0) is 16.3. The first kappa shape index (κ1) is 20.7. The van der Waals surface area contributed by atoms with Gasteiger partial charge in [-0.1, -0.05) is 69.1 Å². The van der Waals surface area contributed by atoms with Gasteiger partial charge in [0.05, 0.1) is 0 Å². The van der Waals surface area contributed by atoms with Crippen LogP contribution in [0.25, 0.3) is 0 Å². The third-order valence-corrected chi connectivity index (χ3v) is 3.53. The average Bonchev–Trinajstić information content (AvgIpc) is 2.50. The van der Waals surface area contributed by atoms with E-state index >= 15 is 0 Å². The van der Waals surface area contributed by atoms with E-state index in [2.05, 4.69) is 43.4 Å². The molecular formula is C20H34O2. The summed E-state index contributed by atoms with van der Waals surface area (Å²) in [5.74, 6) is -0.678. The second kappa shape index (κ2) is 17.7. The minimum absolute atomic E-state index is 0.313. The number of rotatable bonds is 15. The molecule has 0 spiro atoms. The molecule has 0 atom stereocenters. The molecule has 2 heteroatoms. The molecule has 0 saturated carbocycles. The molecule has 0 heterocycles. The number of carboxylic acids is 1. The van der Waals surface area contributed by atoms with Crippen molar-refractivity contribution in [3.63, 3.8) is 0 Å². The van der Waals surface area contributed by atoms with Crippen molar-refractivity contribution < 1.29 is 9.90 Å². The molecule has 0 bridgehead atoms. The van der Waals surface area contributed by atoms with Gasteiger partial charge in [0.15, 0.2) is 0 Å². The Labute approximate surface area is 137 Å². The summed E-state index contributed by atoms with van der Waals surface area (Å²) < 4.78 is 0. The number of carboxylic acid groups (broad SMARTS) is 1. The highest BCUT2D eigenvalue weighted by Crippen LogP contribution is 2.06. The number of aliphatic carboxylic acids is 1. The lowest BCUT2D eigenvalue weighted by Crippen LogP contribution is -1.93. The molecule has 0 aromatic carbocycles. The molecule has 0 aliphatic rings. The molecule has 0 aromatic heterocycles. The monoisotopic (exact) mass is 308 g/mol. The largest absolute Gasteiger partial charge is 0.481 e. The van der Waals surface area contributed by atoms with E-state index in [9.17, 15) is 4.79 Å². The Bertz CT molecular complexity index is 327. The van der Waals surface area contributed by atoms with Gasteiger partial charge in [0.1, 0.15) is 0 Å². The topological polar surface area (TPSA) is 37.3 Å². The van der Waals surface area contributed by atoms with Crippen molar-refractivity contribution in [3.05, 3.63) is 36.5 Å². The van der Waals surface area contributed by atoms with Crippen LogP contribution in [0.3, 0.4) is 0 Å². The Morgan fingerprint density at radius 3 is 1.77 bits per heavy atom. The van der Waals surface area contributed by atoms with Crippen molar-refractivity contribution in [2.45, 2.75) is 84.0 Å². The van der Waals surface area contributed by atoms with E-state index < -0.39 is 5.97 Å². The molecule has 2 nitrogen and oxygen atoms in total. The van der Waals surface area contributed by atoms with Gasteiger partial charge in [-0.3, -0.25) is 4.79 Å². The van der Waals surface area contributed by atoms with Crippen LogP contribution >= 0.6 is 0 Å². The van der Waals surface area contributed by atoms with Crippen LogP contribution in [0, 0.1) is 0 Å². The standard InChI is InChI=1S/C20H34O2/c1-2-3-4-5-6-7-8-9-10-11-12-13-14-15-16-17-18-19-20(21)22/h6-7,9-10,12-13H,2-5,8,11,14-19H2,1H3,(H,21,22)/i20+2. The van der Waals surface area contributed by atoms with E-state index in [-0.39, 0.29) is 0 Å². The normalized spacial score (nSPS) is 12.0. The van der Waals surface area contributed by atoms with Crippen LogP contribution < -0.4 is 0 Å². The van der Waals surface area contributed by atoms with Gasteiger partial charge in [-0.25, -0.2) is 0 Å². The summed E-state index contributed by atoms with van der Waals surface area (Å²) in [5.41, 5.74) is 0. The minimum atomic E-state index is -0.678. The fourth-order valence-electron chi connectivity index (χ4n) is 2.18. The van der Waals surface area contributed by atoms with Gasteiger partial charge < -0.3 is 5.11 Å². The van der Waals surface area contributed by atoms with Gasteiger partial charge in [-0.05, 0) is 44.9 Å². The van der Waals surface area contributed by atoms with Crippen molar-refractivity contribution in [2.24, 2.45) is 0 Å². The van der Waals surface area contributed by atoms with E-state index in [1.165, 1.54) is 32.1 Å². The Morgan fingerprint density at radius 2 is 1.23 bits per heavy atom. The first-order valence-corrected chi connectivity index (χ1v) is 8.94. The van der Waals surface area contributed by atoms with Crippen molar-refractivity contribution in [1.82, 2.24) is 0 Å². The third-order valence-electron chi connectivity index (χ3n) is 3.53. The van der Waals surface area contributed by atoms with Crippen LogP contribution in [0.15, 0.2) is 36.5 Å². The molecule has 0 aliphatic heterocycles. The number of hydrogen-bond donors (Lipinski definition) is 1. The lowest BCUT2D eigenvalue weighted by molar-refractivity contribution is -0.137. The first-order chi connectivity index (χ1) is 10.8. The van der Waals surface area contributed by atoms with E-state index in [0.29, 0.717) is 6.42 Å². The molecule has 0 rings (SSSR count). The SMILES string of the molecule is CCCCCC=CCC=CCC=CCCCCCC[14C](=O)O. The fraction of sp³-hybridized carbons (Fsp3) is 0.650. The molecule has 126 valence electrons. The Kier molecular flexibility index (Phi) is 16.7. The summed E-state index contributed by atoms with van der Waals surface area (Å²) in [6.45, 7) is 2.24. The van der Waals surface area contributed by atoms with Crippen LogP contribution in [-0.2, 0) is 4.79 Å². The second-order valence-electron chi connectivity index (χ2n) is 5.73. The average molecular weight is 308 g/mol. The maximum Gasteiger partial charge on any atom is 0.303 e. The summed E-state index contributed by atoms with van der Waals surface area (Å²) in [6, 6.07) is 0. The summed E-state index contributed by atoms with van der Waals surface area (Å²) in [4.78, 5) is 10.3. The Hall–Kier alpha value is -1.31. The zero-order valence-corrected chi connectivity index (χ0v) is 14.3. The van der Waals surface area contributed by atoms with E-state index in [1.54, 1.807) is 0 Å². The minimum Gasteiger partial charge on any atom is -0.481 e. The van der Waals surface area contributed by atoms with Crippen LogP contribution in [-0.4, -0.2) is 11.1 Å². The van der Waals surface area contributed by atoms with E-state index in [1.807, 2.05) is 0 Å². The highest BCUT2D eigenvalue weighted by Gasteiger charge is 1.95. The van der Waals surface area contributed by atoms with Gasteiger partial charge in [0, 0.05) is 6.42 Å². The smallest absolute Gasteiger partial charge is 0.303 e. The lowest BCUT2D eigenvalue weighted by atomic mass is 10.1. The summed E-state index contributed by atoms with van der Waals surface area (Å²) in [6.07, 6.45) is 26.3. The van der Waals surface area contributed by atoms with Gasteiger partial charge >= 0.3 is 5.97 Å². The quantitative estimate of drug-likeness (QED) is 0.279. The highest BCUT2D eigenvalue weighted by molar-refractivity contribution is 5.66. The van der Waals surface area contributed by atoms with Crippen LogP contribution in [0.5, 0.6) is 0 Å². The molecule has 0 aromatic rings. The van der Waals surface area contributed by atoms with E-state index in [4.69, 9.17) is 5.11 Å². The number of unbranched alkanes of at least 4 members (excludes halogenated alkanes) is 7. The van der Waals surface area contributed by atoms with Crippen LogP contribution in [0.4, 0.5) is 0 Å². The molecule has 0 saturated heterocycles. The van der Waals surface area contributed by atoms with Gasteiger partial charge in [-0.15, -0.1) is 0 Å². The van der Waals surface area contributed by atoms with Crippen molar-refractivity contribution in [2.75, 3.05) is 0 Å². The fourth-order valence-corrected chi connectivity index (χ4v) is 2.18. The lowest BCUT2D eigenvalue weighted by Gasteiger charge is -1.96. The summed E-state index contributed by atoms with van der Waals surface area (Å²) in [5, 5.41) is 8.52.